The van der Waals surface area contributed by atoms with Crippen LogP contribution < -0.4 is 0 Å². The van der Waals surface area contributed by atoms with E-state index in [1.807, 2.05) is 23.6 Å². The van der Waals surface area contributed by atoms with E-state index >= 15 is 0 Å². The number of thiophene rings is 1. The number of fused-ring (bicyclic) bond motifs is 6. The van der Waals surface area contributed by atoms with Crippen molar-refractivity contribution in [2.75, 3.05) is 0 Å². The van der Waals surface area contributed by atoms with Crippen molar-refractivity contribution in [1.82, 2.24) is 15.0 Å². The maximum atomic E-state index is 5.30. The van der Waals surface area contributed by atoms with Crippen LogP contribution in [0.15, 0.2) is 176 Å². The summed E-state index contributed by atoms with van der Waals surface area (Å²) in [6.45, 7) is 0. The number of hydrogen-bond acceptors (Lipinski definition) is 4. The van der Waals surface area contributed by atoms with Gasteiger partial charge in [-0.05, 0) is 86.1 Å². The minimum atomic E-state index is 0.689. The first-order valence-electron chi connectivity index (χ1n) is 17.8. The molecule has 10 aromatic rings. The van der Waals surface area contributed by atoms with E-state index in [2.05, 4.69) is 163 Å². The molecule has 0 saturated heterocycles. The normalized spacial score (nSPS) is 11.8. The maximum Gasteiger partial charge on any atom is 0.160 e. The second kappa shape index (κ2) is 11.9. The van der Waals surface area contributed by atoms with Gasteiger partial charge in [0.15, 0.2) is 5.82 Å². The highest BCUT2D eigenvalue weighted by atomic mass is 32.1. The van der Waals surface area contributed by atoms with Gasteiger partial charge >= 0.3 is 0 Å². The summed E-state index contributed by atoms with van der Waals surface area (Å²) in [4.78, 5) is 14.9. The van der Waals surface area contributed by atoms with Crippen molar-refractivity contribution >= 4 is 42.3 Å². The van der Waals surface area contributed by atoms with Crippen molar-refractivity contribution in [3.63, 3.8) is 0 Å². The number of rotatable bonds is 5. The zero-order chi connectivity index (χ0) is 34.9. The molecule has 0 saturated carbocycles. The lowest BCUT2D eigenvalue weighted by molar-refractivity contribution is 1.18. The van der Waals surface area contributed by atoms with Crippen molar-refractivity contribution in [2.24, 2.45) is 0 Å². The topological polar surface area (TPSA) is 38.7 Å². The first-order chi connectivity index (χ1) is 26.2. The Balaban J connectivity index is 1.06. The highest BCUT2D eigenvalue weighted by Gasteiger charge is 2.23. The predicted molar refractivity (Wildman–Crippen MR) is 222 cm³/mol. The van der Waals surface area contributed by atoms with Gasteiger partial charge in [-0.2, -0.15) is 0 Å². The molecular weight excluding hydrogens is 663 g/mol. The van der Waals surface area contributed by atoms with E-state index in [-0.39, 0.29) is 0 Å². The van der Waals surface area contributed by atoms with Crippen LogP contribution in [0.3, 0.4) is 0 Å². The van der Waals surface area contributed by atoms with Gasteiger partial charge in [-0.1, -0.05) is 127 Å². The number of aromatic nitrogens is 3. The highest BCUT2D eigenvalue weighted by Crippen LogP contribution is 2.49. The van der Waals surface area contributed by atoms with Gasteiger partial charge in [-0.15, -0.1) is 11.3 Å². The van der Waals surface area contributed by atoms with Gasteiger partial charge in [0, 0.05) is 54.8 Å². The van der Waals surface area contributed by atoms with Crippen molar-refractivity contribution in [2.45, 2.75) is 0 Å². The van der Waals surface area contributed by atoms with Crippen LogP contribution in [0.25, 0.3) is 109 Å². The SMILES string of the molecule is c1cncc(-c2cccc(-c3nc(-c4ccc(-c5ccc6sc7ccccc7c6c5)cc4)cc(-c4ccc5c6c(cccc46)-c4ccccc4-5)n3)c2)c1. The quantitative estimate of drug-likeness (QED) is 0.180. The fourth-order valence-electron chi connectivity index (χ4n) is 8.00. The van der Waals surface area contributed by atoms with E-state index in [0.717, 1.165) is 39.2 Å². The van der Waals surface area contributed by atoms with E-state index in [9.17, 15) is 0 Å². The molecule has 1 aliphatic rings. The number of benzene rings is 7. The fourth-order valence-corrected chi connectivity index (χ4v) is 9.09. The Labute approximate surface area is 310 Å². The van der Waals surface area contributed by atoms with E-state index in [0.29, 0.717) is 5.82 Å². The van der Waals surface area contributed by atoms with Gasteiger partial charge in [0.05, 0.1) is 11.4 Å². The minimum Gasteiger partial charge on any atom is -0.264 e. The molecule has 7 aromatic carbocycles. The molecule has 0 fully saturated rings. The number of nitrogens with zero attached hydrogens (tertiary/aromatic N) is 3. The summed E-state index contributed by atoms with van der Waals surface area (Å²) in [6, 6.07) is 58.8. The minimum absolute atomic E-state index is 0.689. The van der Waals surface area contributed by atoms with Crippen molar-refractivity contribution in [3.05, 3.63) is 176 Å². The summed E-state index contributed by atoms with van der Waals surface area (Å²) in [7, 11) is 0. The van der Waals surface area contributed by atoms with Gasteiger partial charge in [-0.25, -0.2) is 9.97 Å². The Bertz CT molecular complexity index is 3020. The molecule has 53 heavy (non-hydrogen) atoms. The zero-order valence-electron chi connectivity index (χ0n) is 28.5. The van der Waals surface area contributed by atoms with Gasteiger partial charge in [0.25, 0.3) is 0 Å². The lowest BCUT2D eigenvalue weighted by Gasteiger charge is -2.13. The van der Waals surface area contributed by atoms with Gasteiger partial charge in [-0.3, -0.25) is 4.98 Å². The number of hydrogen-bond donors (Lipinski definition) is 0. The molecule has 246 valence electrons. The molecule has 0 bridgehead atoms. The molecule has 0 radical (unpaired) electrons. The predicted octanol–water partition coefficient (Wildman–Crippen LogP) is 13.4. The van der Waals surface area contributed by atoms with Crippen LogP contribution in [0.4, 0.5) is 0 Å². The van der Waals surface area contributed by atoms with Crippen LogP contribution in [0.1, 0.15) is 0 Å². The molecule has 3 heterocycles. The first kappa shape index (κ1) is 29.9. The Morgan fingerprint density at radius 1 is 0.358 bits per heavy atom. The highest BCUT2D eigenvalue weighted by molar-refractivity contribution is 7.25. The average molecular weight is 692 g/mol. The standard InChI is InChI=1S/C49H29N3S/c1-2-12-37-36(11-1)40-14-6-15-41-38(22-23-42(37)48(40)41)45-28-44(51-49(52-45)34-9-5-8-32(26-34)35-10-7-25-50-29-35)31-19-17-30(18-20-31)33-21-24-47-43(27-33)39-13-3-4-16-46(39)53-47/h1-29H. The summed E-state index contributed by atoms with van der Waals surface area (Å²) in [5.41, 5.74) is 14.5. The second-order valence-electron chi connectivity index (χ2n) is 13.6. The lowest BCUT2D eigenvalue weighted by atomic mass is 9.95. The zero-order valence-corrected chi connectivity index (χ0v) is 29.3. The first-order valence-corrected chi connectivity index (χ1v) is 18.6. The van der Waals surface area contributed by atoms with Crippen molar-refractivity contribution in [1.29, 1.82) is 0 Å². The third-order valence-electron chi connectivity index (χ3n) is 10.6. The van der Waals surface area contributed by atoms with E-state index in [1.165, 1.54) is 64.3 Å². The number of pyridine rings is 1. The van der Waals surface area contributed by atoms with Crippen LogP contribution >= 0.6 is 11.3 Å². The van der Waals surface area contributed by atoms with E-state index < -0.39 is 0 Å². The summed E-state index contributed by atoms with van der Waals surface area (Å²) in [5, 5.41) is 5.10. The molecule has 4 heteroatoms. The smallest absolute Gasteiger partial charge is 0.160 e. The molecule has 3 nitrogen and oxygen atoms in total. The molecule has 0 spiro atoms. The Kier molecular flexibility index (Phi) is 6.73. The van der Waals surface area contributed by atoms with Crippen molar-refractivity contribution < 1.29 is 0 Å². The lowest BCUT2D eigenvalue weighted by Crippen LogP contribution is -1.97. The maximum absolute atomic E-state index is 5.30. The van der Waals surface area contributed by atoms with Crippen molar-refractivity contribution in [3.8, 4) is 78.4 Å². The molecule has 0 amide bonds. The molecule has 1 aliphatic carbocycles. The van der Waals surface area contributed by atoms with Crippen LogP contribution in [0.2, 0.25) is 0 Å². The average Bonchev–Trinajstić information content (AvgIpc) is 3.77. The van der Waals surface area contributed by atoms with Gasteiger partial charge in [0.2, 0.25) is 0 Å². The van der Waals surface area contributed by atoms with Crippen LogP contribution in [-0.2, 0) is 0 Å². The Morgan fingerprint density at radius 3 is 1.87 bits per heavy atom. The monoisotopic (exact) mass is 691 g/mol. The third-order valence-corrected chi connectivity index (χ3v) is 11.7. The molecule has 3 aromatic heterocycles. The third kappa shape index (κ3) is 4.91. The summed E-state index contributed by atoms with van der Waals surface area (Å²) in [5.74, 6) is 0.689. The van der Waals surface area contributed by atoms with Crippen LogP contribution in [0.5, 0.6) is 0 Å². The molecule has 0 N–H and O–H groups in total. The van der Waals surface area contributed by atoms with Gasteiger partial charge in [0.1, 0.15) is 0 Å². The second-order valence-corrected chi connectivity index (χ2v) is 14.7. The summed E-state index contributed by atoms with van der Waals surface area (Å²) < 4.78 is 2.63. The van der Waals surface area contributed by atoms with Gasteiger partial charge < -0.3 is 0 Å². The molecule has 0 atom stereocenters. The summed E-state index contributed by atoms with van der Waals surface area (Å²) in [6.07, 6.45) is 3.70. The van der Waals surface area contributed by atoms with E-state index in [1.54, 1.807) is 6.20 Å². The molecule has 0 unspecified atom stereocenters. The Hall–Kier alpha value is -6.75. The molecular formula is C49H29N3S. The van der Waals surface area contributed by atoms with E-state index in [4.69, 9.17) is 9.97 Å². The van der Waals surface area contributed by atoms with Crippen LogP contribution in [0, 0.1) is 0 Å². The fraction of sp³-hybridized carbons (Fsp3) is 0. The summed E-state index contributed by atoms with van der Waals surface area (Å²) >= 11 is 1.85. The molecule has 0 aliphatic heterocycles. The molecule has 11 rings (SSSR count). The largest absolute Gasteiger partial charge is 0.264 e. The van der Waals surface area contributed by atoms with Crippen LogP contribution in [-0.4, -0.2) is 15.0 Å². The Morgan fingerprint density at radius 2 is 1.00 bits per heavy atom.